The van der Waals surface area contributed by atoms with Crippen LogP contribution in [0.1, 0.15) is 40.8 Å². The topological polar surface area (TPSA) is 115 Å². The average Bonchev–Trinajstić information content (AvgIpc) is 3.38. The van der Waals surface area contributed by atoms with Crippen molar-refractivity contribution in [2.75, 3.05) is 6.54 Å². The molecular weight excluding hydrogens is 348 g/mol. The van der Waals surface area contributed by atoms with Crippen LogP contribution in [0, 0.1) is 0 Å². The van der Waals surface area contributed by atoms with Gasteiger partial charge in [-0.1, -0.05) is 11.2 Å². The number of nitrogens with one attached hydrogen (secondary N) is 2. The van der Waals surface area contributed by atoms with Gasteiger partial charge in [-0.05, 0) is 30.7 Å². The van der Waals surface area contributed by atoms with E-state index in [4.69, 9.17) is 4.52 Å². The zero-order valence-corrected chi connectivity index (χ0v) is 14.5. The first-order valence-corrected chi connectivity index (χ1v) is 8.66. The van der Waals surface area contributed by atoms with Crippen LogP contribution >= 0.6 is 0 Å². The highest BCUT2D eigenvalue weighted by Gasteiger charge is 2.25. The maximum Gasteiger partial charge on any atom is 0.251 e. The second-order valence-electron chi connectivity index (χ2n) is 6.27. The molecule has 0 saturated carbocycles. The van der Waals surface area contributed by atoms with Gasteiger partial charge in [0.05, 0.1) is 12.2 Å². The summed E-state index contributed by atoms with van der Waals surface area (Å²) < 4.78 is 6.88. The molecule has 2 N–H and O–H groups in total. The quantitative estimate of drug-likeness (QED) is 0.701. The molecule has 27 heavy (non-hydrogen) atoms. The lowest BCUT2D eigenvalue weighted by Gasteiger charge is -2.18. The third kappa shape index (κ3) is 3.86. The van der Waals surface area contributed by atoms with E-state index in [9.17, 15) is 9.59 Å². The van der Waals surface area contributed by atoms with Gasteiger partial charge in [0.15, 0.2) is 5.82 Å². The van der Waals surface area contributed by atoms with E-state index in [-0.39, 0.29) is 24.3 Å². The molecule has 0 spiro atoms. The van der Waals surface area contributed by atoms with Gasteiger partial charge in [0.2, 0.25) is 11.8 Å². The zero-order chi connectivity index (χ0) is 18.6. The highest BCUT2D eigenvalue weighted by molar-refractivity contribution is 5.94. The Bertz CT molecular complexity index is 950. The lowest BCUT2D eigenvalue weighted by molar-refractivity contribution is -0.122. The van der Waals surface area contributed by atoms with Gasteiger partial charge in [0, 0.05) is 36.8 Å². The normalized spacial score (nSPS) is 16.7. The molecule has 9 heteroatoms. The molecule has 1 aliphatic heterocycles. The van der Waals surface area contributed by atoms with E-state index in [0.717, 1.165) is 12.1 Å². The molecule has 1 fully saturated rings. The standard InChI is InChI=1S/C18H18N6O3/c25-15-10-12(5-7-19-15)17-22-16(27-23-17)11-20-18(26)13-3-1-4-14(9-13)24-8-2-6-21-24/h1-4,6,8-9,12H,5,7,10-11H2,(H,19,25)(H,20,26). The summed E-state index contributed by atoms with van der Waals surface area (Å²) in [6.45, 7) is 0.730. The maximum absolute atomic E-state index is 12.4. The van der Waals surface area contributed by atoms with Crippen molar-refractivity contribution in [3.8, 4) is 5.69 Å². The van der Waals surface area contributed by atoms with Gasteiger partial charge in [0.25, 0.3) is 5.91 Å². The summed E-state index contributed by atoms with van der Waals surface area (Å²) in [6.07, 6.45) is 4.61. The highest BCUT2D eigenvalue weighted by Crippen LogP contribution is 2.23. The second kappa shape index (κ2) is 7.40. The molecular formula is C18H18N6O3. The van der Waals surface area contributed by atoms with E-state index in [2.05, 4.69) is 25.9 Å². The molecule has 2 amide bonds. The number of amides is 2. The summed E-state index contributed by atoms with van der Waals surface area (Å²) in [5.41, 5.74) is 1.30. The van der Waals surface area contributed by atoms with Gasteiger partial charge in [0.1, 0.15) is 0 Å². The highest BCUT2D eigenvalue weighted by atomic mass is 16.5. The van der Waals surface area contributed by atoms with E-state index in [1.807, 2.05) is 18.3 Å². The molecule has 1 aromatic carbocycles. The molecule has 0 bridgehead atoms. The minimum atomic E-state index is -0.249. The lowest BCUT2D eigenvalue weighted by atomic mass is 9.97. The summed E-state index contributed by atoms with van der Waals surface area (Å²) in [5.74, 6) is 0.517. The molecule has 1 atom stereocenters. The molecule has 2 aromatic heterocycles. The third-order valence-corrected chi connectivity index (χ3v) is 4.37. The van der Waals surface area contributed by atoms with Crippen LogP contribution in [0.4, 0.5) is 0 Å². The van der Waals surface area contributed by atoms with Gasteiger partial charge in [-0.25, -0.2) is 4.68 Å². The minimum Gasteiger partial charge on any atom is -0.356 e. The summed E-state index contributed by atoms with van der Waals surface area (Å²) in [5, 5.41) is 13.6. The van der Waals surface area contributed by atoms with Crippen molar-refractivity contribution in [2.45, 2.75) is 25.3 Å². The SMILES string of the molecule is O=C1CC(c2noc(CNC(=O)c3cccc(-n4cccn4)c3)n2)CCN1. The van der Waals surface area contributed by atoms with Crippen LogP contribution < -0.4 is 10.6 Å². The smallest absolute Gasteiger partial charge is 0.251 e. The van der Waals surface area contributed by atoms with Crippen molar-refractivity contribution in [1.29, 1.82) is 0 Å². The molecule has 3 heterocycles. The van der Waals surface area contributed by atoms with Crippen molar-refractivity contribution in [3.05, 3.63) is 60.0 Å². The lowest BCUT2D eigenvalue weighted by Crippen LogP contribution is -2.32. The first-order valence-electron chi connectivity index (χ1n) is 8.66. The summed E-state index contributed by atoms with van der Waals surface area (Å²) in [6, 6.07) is 8.96. The second-order valence-corrected chi connectivity index (χ2v) is 6.27. The summed E-state index contributed by atoms with van der Waals surface area (Å²) in [4.78, 5) is 28.2. The van der Waals surface area contributed by atoms with Gasteiger partial charge < -0.3 is 15.2 Å². The largest absolute Gasteiger partial charge is 0.356 e. The summed E-state index contributed by atoms with van der Waals surface area (Å²) >= 11 is 0. The molecule has 1 unspecified atom stereocenters. The van der Waals surface area contributed by atoms with Crippen molar-refractivity contribution in [3.63, 3.8) is 0 Å². The molecule has 3 aromatic rings. The van der Waals surface area contributed by atoms with Gasteiger partial charge in [-0.2, -0.15) is 10.1 Å². The Morgan fingerprint density at radius 3 is 3.11 bits per heavy atom. The Labute approximate surface area is 154 Å². The number of carbonyl (C=O) groups is 2. The number of rotatable bonds is 5. The minimum absolute atomic E-state index is 0.0111. The van der Waals surface area contributed by atoms with E-state index in [1.165, 1.54) is 0 Å². The third-order valence-electron chi connectivity index (χ3n) is 4.37. The molecule has 0 aliphatic carbocycles. The van der Waals surface area contributed by atoms with E-state index in [0.29, 0.717) is 30.2 Å². The first kappa shape index (κ1) is 17.0. The fraction of sp³-hybridized carbons (Fsp3) is 0.278. The molecule has 1 aliphatic rings. The van der Waals surface area contributed by atoms with Crippen LogP contribution in [0.25, 0.3) is 5.69 Å². The van der Waals surface area contributed by atoms with Crippen LogP contribution in [-0.4, -0.2) is 38.3 Å². The van der Waals surface area contributed by atoms with Crippen molar-refractivity contribution >= 4 is 11.8 Å². The van der Waals surface area contributed by atoms with Crippen LogP contribution in [0.5, 0.6) is 0 Å². The first-order chi connectivity index (χ1) is 13.2. The van der Waals surface area contributed by atoms with Gasteiger partial charge in [-0.3, -0.25) is 9.59 Å². The monoisotopic (exact) mass is 366 g/mol. The maximum atomic E-state index is 12.4. The fourth-order valence-corrected chi connectivity index (χ4v) is 2.98. The number of piperidine rings is 1. The van der Waals surface area contributed by atoms with Crippen molar-refractivity contribution in [1.82, 2.24) is 30.6 Å². The van der Waals surface area contributed by atoms with E-state index < -0.39 is 0 Å². The van der Waals surface area contributed by atoms with Crippen LogP contribution in [0.15, 0.2) is 47.2 Å². The van der Waals surface area contributed by atoms with Gasteiger partial charge >= 0.3 is 0 Å². The number of hydrogen-bond donors (Lipinski definition) is 2. The number of carbonyl (C=O) groups excluding carboxylic acids is 2. The molecule has 0 radical (unpaired) electrons. The Hall–Kier alpha value is -3.49. The van der Waals surface area contributed by atoms with E-state index in [1.54, 1.807) is 29.1 Å². The molecule has 1 saturated heterocycles. The predicted octanol–water partition coefficient (Wildman–Crippen LogP) is 1.18. The fourth-order valence-electron chi connectivity index (χ4n) is 2.98. The number of hydrogen-bond acceptors (Lipinski definition) is 6. The number of nitrogens with zero attached hydrogens (tertiary/aromatic N) is 4. The molecule has 9 nitrogen and oxygen atoms in total. The Morgan fingerprint density at radius 2 is 2.30 bits per heavy atom. The Balaban J connectivity index is 1.38. The zero-order valence-electron chi connectivity index (χ0n) is 14.5. The van der Waals surface area contributed by atoms with Gasteiger partial charge in [-0.15, -0.1) is 0 Å². The average molecular weight is 366 g/mol. The van der Waals surface area contributed by atoms with Crippen molar-refractivity contribution in [2.24, 2.45) is 0 Å². The van der Waals surface area contributed by atoms with Crippen LogP contribution in [0.3, 0.4) is 0 Å². The Kier molecular flexibility index (Phi) is 4.65. The Morgan fingerprint density at radius 1 is 1.37 bits per heavy atom. The van der Waals surface area contributed by atoms with Crippen LogP contribution in [-0.2, 0) is 11.3 Å². The van der Waals surface area contributed by atoms with Crippen LogP contribution in [0.2, 0.25) is 0 Å². The molecule has 4 rings (SSSR count). The predicted molar refractivity (Wildman–Crippen MR) is 94.0 cm³/mol. The van der Waals surface area contributed by atoms with Crippen molar-refractivity contribution < 1.29 is 14.1 Å². The summed E-state index contributed by atoms with van der Waals surface area (Å²) in [7, 11) is 0. The number of aromatic nitrogens is 4. The number of benzene rings is 1. The molecule has 138 valence electrons. The van der Waals surface area contributed by atoms with E-state index >= 15 is 0 Å².